The molecule has 4 rings (SSSR count). The molecule has 4 aromatic rings. The Balaban J connectivity index is 0.000000246. The lowest BCUT2D eigenvalue weighted by atomic mass is 10.0. The second-order valence-corrected chi connectivity index (χ2v) is 11.4. The van der Waals surface area contributed by atoms with Crippen molar-refractivity contribution in [1.29, 1.82) is 0 Å². The van der Waals surface area contributed by atoms with Crippen molar-refractivity contribution in [1.82, 2.24) is 19.9 Å². The van der Waals surface area contributed by atoms with Crippen molar-refractivity contribution in [3.8, 4) is 11.5 Å². The van der Waals surface area contributed by atoms with Crippen molar-refractivity contribution in [3.05, 3.63) is 82.2 Å². The normalized spacial score (nSPS) is 11.3. The van der Waals surface area contributed by atoms with Crippen LogP contribution in [0.1, 0.15) is 45.7 Å². The van der Waals surface area contributed by atoms with Crippen LogP contribution < -0.4 is 20.9 Å². The summed E-state index contributed by atoms with van der Waals surface area (Å²) in [6, 6.07) is 2.96. The zero-order chi connectivity index (χ0) is 33.4. The first-order valence-electron chi connectivity index (χ1n) is 12.8. The fraction of sp³-hybridized carbons (Fsp3) is 0.214. The smallest absolute Gasteiger partial charge is 0.220 e. The van der Waals surface area contributed by atoms with Crippen LogP contribution >= 0.6 is 11.8 Å². The van der Waals surface area contributed by atoms with Crippen LogP contribution in [0.4, 0.5) is 29.2 Å². The van der Waals surface area contributed by atoms with Crippen molar-refractivity contribution in [2.45, 2.75) is 24.2 Å². The van der Waals surface area contributed by atoms with E-state index < -0.39 is 51.4 Å². The third kappa shape index (κ3) is 8.10. The topological polar surface area (TPSA) is 173 Å². The van der Waals surface area contributed by atoms with E-state index in [0.717, 1.165) is 31.2 Å². The Hall–Kier alpha value is -4.64. The van der Waals surface area contributed by atoms with Crippen LogP contribution in [0.3, 0.4) is 0 Å². The summed E-state index contributed by atoms with van der Waals surface area (Å²) in [6.07, 6.45) is 2.32. The summed E-state index contributed by atoms with van der Waals surface area (Å²) in [4.78, 5) is 40.5. The molecule has 0 amide bonds. The largest absolute Gasteiger partial charge is 0.493 e. The van der Waals surface area contributed by atoms with Gasteiger partial charge in [0.2, 0.25) is 16.7 Å². The molecule has 0 aliphatic heterocycles. The molecule has 2 aromatic carbocycles. The highest BCUT2D eigenvalue weighted by atomic mass is 32.2. The summed E-state index contributed by atoms with van der Waals surface area (Å²) < 4.78 is 75.4. The standard InChI is InChI=1S/C14H13F2N3O3S.C14H13F2N3O2S/c1-3-23(21)14-18-6-9(13(17)19-14)11(20)8-4-7(15)5-10(16)12(8)22-2;1-3-22-14-18-6-9(13(17)19-14)11(20)8-4-7(15)5-10(16)12(8)21-2/h4-6H,3H2,1-2H3,(H2,17,18,19);4-6H,3H2,1-2H3,(H2,17,18,19). The SMILES string of the molecule is CCS(=O)c1ncc(C(=O)c2cc(F)cc(F)c2OC)c(N)n1.CCSc1ncc(C(=O)c2cc(F)cc(F)c2OC)c(N)n1. The van der Waals surface area contributed by atoms with Crippen molar-refractivity contribution < 1.29 is 40.8 Å². The van der Waals surface area contributed by atoms with E-state index in [1.165, 1.54) is 25.1 Å². The molecule has 0 spiro atoms. The van der Waals surface area contributed by atoms with Gasteiger partial charge in [0.1, 0.15) is 23.3 Å². The number of benzene rings is 2. The Morgan fingerprint density at radius 1 is 0.778 bits per heavy atom. The van der Waals surface area contributed by atoms with E-state index in [2.05, 4.69) is 19.9 Å². The minimum Gasteiger partial charge on any atom is -0.493 e. The van der Waals surface area contributed by atoms with E-state index >= 15 is 0 Å². The Kier molecular flexibility index (Phi) is 11.9. The minimum absolute atomic E-state index is 0.0149. The van der Waals surface area contributed by atoms with E-state index in [-0.39, 0.29) is 50.5 Å². The van der Waals surface area contributed by atoms with Gasteiger partial charge in [0.15, 0.2) is 28.3 Å². The quantitative estimate of drug-likeness (QED) is 0.106. The molecule has 2 aromatic heterocycles. The summed E-state index contributed by atoms with van der Waals surface area (Å²) in [7, 11) is 0.903. The van der Waals surface area contributed by atoms with Crippen LogP contribution in [0.2, 0.25) is 0 Å². The predicted molar refractivity (Wildman–Crippen MR) is 159 cm³/mol. The number of nitrogens with two attached hydrogens (primary N) is 2. The number of nitrogens with zero attached hydrogens (tertiary/aromatic N) is 4. The van der Waals surface area contributed by atoms with Crippen molar-refractivity contribution in [2.24, 2.45) is 0 Å². The van der Waals surface area contributed by atoms with Crippen molar-refractivity contribution in [2.75, 3.05) is 37.2 Å². The van der Waals surface area contributed by atoms with Gasteiger partial charge in [-0.05, 0) is 17.9 Å². The van der Waals surface area contributed by atoms with E-state index in [1.54, 1.807) is 6.92 Å². The molecule has 4 N–H and O–H groups in total. The fourth-order valence-electron chi connectivity index (χ4n) is 3.71. The maximum absolute atomic E-state index is 13.7. The highest BCUT2D eigenvalue weighted by molar-refractivity contribution is 7.99. The van der Waals surface area contributed by atoms with Crippen LogP contribution in [-0.4, -0.2) is 61.4 Å². The maximum Gasteiger partial charge on any atom is 0.220 e. The lowest BCUT2D eigenvalue weighted by Crippen LogP contribution is -2.13. The van der Waals surface area contributed by atoms with E-state index in [9.17, 15) is 31.4 Å². The minimum atomic E-state index is -1.44. The van der Waals surface area contributed by atoms with Gasteiger partial charge in [-0.1, -0.05) is 25.6 Å². The zero-order valence-corrected chi connectivity index (χ0v) is 25.8. The van der Waals surface area contributed by atoms with Gasteiger partial charge in [-0.3, -0.25) is 13.8 Å². The number of thioether (sulfide) groups is 1. The zero-order valence-electron chi connectivity index (χ0n) is 24.2. The Morgan fingerprint density at radius 2 is 1.24 bits per heavy atom. The predicted octanol–water partition coefficient (Wildman–Crippen LogP) is 4.39. The monoisotopic (exact) mass is 666 g/mol. The average molecular weight is 667 g/mol. The maximum atomic E-state index is 13.7. The second kappa shape index (κ2) is 15.4. The number of ketones is 2. The number of rotatable bonds is 10. The molecule has 0 aliphatic rings. The number of aromatic nitrogens is 4. The number of hydrogen-bond donors (Lipinski definition) is 2. The Labute approximate surface area is 261 Å². The van der Waals surface area contributed by atoms with Crippen LogP contribution in [0, 0.1) is 23.3 Å². The molecule has 1 unspecified atom stereocenters. The second-order valence-electron chi connectivity index (χ2n) is 8.57. The van der Waals surface area contributed by atoms with Gasteiger partial charge in [0.25, 0.3) is 0 Å². The van der Waals surface area contributed by atoms with Crippen LogP contribution in [0.5, 0.6) is 11.5 Å². The van der Waals surface area contributed by atoms with Gasteiger partial charge >= 0.3 is 0 Å². The van der Waals surface area contributed by atoms with Gasteiger partial charge in [0.05, 0.1) is 47.3 Å². The first-order chi connectivity index (χ1) is 21.4. The van der Waals surface area contributed by atoms with E-state index in [1.807, 2.05) is 6.92 Å². The molecule has 0 saturated carbocycles. The number of halogens is 4. The van der Waals surface area contributed by atoms with E-state index in [4.69, 9.17) is 20.9 Å². The molecule has 0 aliphatic carbocycles. The fourth-order valence-corrected chi connectivity index (χ4v) is 4.88. The van der Waals surface area contributed by atoms with Gasteiger partial charge in [0, 0.05) is 30.3 Å². The molecule has 1 atom stereocenters. The van der Waals surface area contributed by atoms with Crippen LogP contribution in [0.25, 0.3) is 0 Å². The third-order valence-electron chi connectivity index (χ3n) is 5.74. The van der Waals surface area contributed by atoms with Crippen molar-refractivity contribution >= 4 is 45.8 Å². The molecular weight excluding hydrogens is 640 g/mol. The van der Waals surface area contributed by atoms with Crippen molar-refractivity contribution in [3.63, 3.8) is 0 Å². The Bertz CT molecular complexity index is 1780. The summed E-state index contributed by atoms with van der Waals surface area (Å²) >= 11 is 1.36. The molecule has 45 heavy (non-hydrogen) atoms. The number of carbonyl (C=O) groups excluding carboxylic acids is 2. The lowest BCUT2D eigenvalue weighted by molar-refractivity contribution is 0.102. The highest BCUT2D eigenvalue weighted by Crippen LogP contribution is 2.29. The molecule has 2 heterocycles. The number of anilines is 2. The van der Waals surface area contributed by atoms with Gasteiger partial charge < -0.3 is 20.9 Å². The molecule has 17 heteroatoms. The lowest BCUT2D eigenvalue weighted by Gasteiger charge is -2.10. The first-order valence-corrected chi connectivity index (χ1v) is 15.1. The molecule has 0 radical (unpaired) electrons. The average Bonchev–Trinajstić information content (AvgIpc) is 3.00. The molecular formula is C28H26F4N6O5S2. The molecule has 0 bridgehead atoms. The summed E-state index contributed by atoms with van der Waals surface area (Å²) in [5, 5.41) is 0.410. The first kappa shape index (κ1) is 34.8. The summed E-state index contributed by atoms with van der Waals surface area (Å²) in [5.41, 5.74) is 10.6. The summed E-state index contributed by atoms with van der Waals surface area (Å²) in [6.45, 7) is 3.60. The molecule has 0 fully saturated rings. The van der Waals surface area contributed by atoms with Crippen LogP contribution in [0.15, 0.2) is 47.0 Å². The van der Waals surface area contributed by atoms with Crippen LogP contribution in [-0.2, 0) is 10.8 Å². The Morgan fingerprint density at radius 3 is 1.64 bits per heavy atom. The molecule has 11 nitrogen and oxygen atoms in total. The van der Waals surface area contributed by atoms with Gasteiger partial charge in [-0.25, -0.2) is 37.5 Å². The van der Waals surface area contributed by atoms with Gasteiger partial charge in [-0.15, -0.1) is 0 Å². The molecule has 238 valence electrons. The number of carbonyl (C=O) groups is 2. The molecule has 0 saturated heterocycles. The highest BCUT2D eigenvalue weighted by Gasteiger charge is 2.24. The summed E-state index contributed by atoms with van der Waals surface area (Å²) in [5.74, 6) is -5.32. The number of ether oxygens (including phenoxy) is 2. The third-order valence-corrected chi connectivity index (χ3v) is 7.61. The number of hydrogen-bond acceptors (Lipinski definition) is 12. The number of methoxy groups -OCH3 is 2. The number of nitrogen functional groups attached to an aromatic ring is 2. The van der Waals surface area contributed by atoms with Gasteiger partial charge in [-0.2, -0.15) is 0 Å². The van der Waals surface area contributed by atoms with E-state index in [0.29, 0.717) is 17.3 Å².